The molecule has 0 aliphatic carbocycles. The van der Waals surface area contributed by atoms with Crippen molar-refractivity contribution in [1.29, 1.82) is 0 Å². The first-order valence-corrected chi connectivity index (χ1v) is 6.49. The van der Waals surface area contributed by atoms with Gasteiger partial charge in [-0.1, -0.05) is 6.08 Å². The molecule has 0 aliphatic rings. The zero-order chi connectivity index (χ0) is 15.9. The maximum atomic E-state index is 12.0. The molecule has 6 heteroatoms. The molecule has 0 fully saturated rings. The summed E-state index contributed by atoms with van der Waals surface area (Å²) in [6.07, 6.45) is 6.88. The minimum atomic E-state index is -0.526. The molecule has 0 saturated heterocycles. The topological polar surface area (TPSA) is 70.5 Å². The summed E-state index contributed by atoms with van der Waals surface area (Å²) in [6, 6.07) is 5.22. The second-order valence-corrected chi connectivity index (χ2v) is 4.23. The van der Waals surface area contributed by atoms with Crippen LogP contribution in [0.2, 0.25) is 0 Å². The van der Waals surface area contributed by atoms with Crippen molar-refractivity contribution in [2.24, 2.45) is 0 Å². The molecule has 0 unspecified atom stereocenters. The van der Waals surface area contributed by atoms with Crippen molar-refractivity contribution >= 4 is 18.1 Å². The molecule has 0 aromatic carbocycles. The van der Waals surface area contributed by atoms with Crippen LogP contribution in [0.3, 0.4) is 0 Å². The van der Waals surface area contributed by atoms with Gasteiger partial charge < -0.3 is 14.2 Å². The molecule has 0 N–H and O–H groups in total. The van der Waals surface area contributed by atoms with Crippen LogP contribution in [0.15, 0.2) is 30.6 Å². The Kier molecular flexibility index (Phi) is 5.08. The number of esters is 1. The lowest BCUT2D eigenvalue weighted by molar-refractivity contribution is 0.0596. The van der Waals surface area contributed by atoms with Crippen molar-refractivity contribution in [2.45, 2.75) is 0 Å². The smallest absolute Gasteiger partial charge is 0.343 e. The summed E-state index contributed by atoms with van der Waals surface area (Å²) in [4.78, 5) is 20.2. The molecule has 6 nitrogen and oxygen atoms in total. The molecule has 0 atom stereocenters. The molecule has 2 rings (SSSR count). The van der Waals surface area contributed by atoms with Crippen LogP contribution in [0.4, 0.5) is 0 Å². The highest BCUT2D eigenvalue weighted by Crippen LogP contribution is 2.27. The van der Waals surface area contributed by atoms with Gasteiger partial charge in [-0.3, -0.25) is 4.98 Å². The van der Waals surface area contributed by atoms with Crippen molar-refractivity contribution in [3.63, 3.8) is 0 Å². The van der Waals surface area contributed by atoms with E-state index in [0.29, 0.717) is 17.3 Å². The summed E-state index contributed by atoms with van der Waals surface area (Å²) in [7, 11) is 4.27. The highest BCUT2D eigenvalue weighted by atomic mass is 16.5. The van der Waals surface area contributed by atoms with E-state index in [0.717, 1.165) is 5.56 Å². The van der Waals surface area contributed by atoms with E-state index in [-0.39, 0.29) is 5.56 Å². The third-order valence-electron chi connectivity index (χ3n) is 2.95. The first kappa shape index (κ1) is 15.5. The lowest BCUT2D eigenvalue weighted by atomic mass is 10.1. The lowest BCUT2D eigenvalue weighted by Gasteiger charge is -2.11. The van der Waals surface area contributed by atoms with E-state index < -0.39 is 5.97 Å². The van der Waals surface area contributed by atoms with Crippen molar-refractivity contribution < 1.29 is 19.0 Å². The molecule has 2 aromatic heterocycles. The molecule has 0 spiro atoms. The van der Waals surface area contributed by atoms with Crippen molar-refractivity contribution in [3.05, 3.63) is 47.4 Å². The Morgan fingerprint density at radius 3 is 2.41 bits per heavy atom. The second-order valence-electron chi connectivity index (χ2n) is 4.23. The molecule has 0 saturated carbocycles. The fraction of sp³-hybridized carbons (Fsp3) is 0.188. The third-order valence-corrected chi connectivity index (χ3v) is 2.95. The number of nitrogens with zero attached hydrogens (tertiary/aromatic N) is 2. The van der Waals surface area contributed by atoms with E-state index in [4.69, 9.17) is 14.2 Å². The van der Waals surface area contributed by atoms with Gasteiger partial charge >= 0.3 is 5.97 Å². The van der Waals surface area contributed by atoms with Gasteiger partial charge in [-0.05, 0) is 23.8 Å². The molecule has 0 aliphatic heterocycles. The van der Waals surface area contributed by atoms with E-state index in [1.54, 1.807) is 18.5 Å². The predicted molar refractivity (Wildman–Crippen MR) is 81.8 cm³/mol. The van der Waals surface area contributed by atoms with Crippen LogP contribution in [0.5, 0.6) is 11.6 Å². The minimum absolute atomic E-state index is 0.246. The van der Waals surface area contributed by atoms with Crippen LogP contribution in [0.1, 0.15) is 21.6 Å². The first-order chi connectivity index (χ1) is 10.7. The predicted octanol–water partition coefficient (Wildman–Crippen LogP) is 2.45. The van der Waals surface area contributed by atoms with Gasteiger partial charge in [0.15, 0.2) is 0 Å². The zero-order valence-electron chi connectivity index (χ0n) is 12.6. The maximum Gasteiger partial charge on any atom is 0.343 e. The number of ether oxygens (including phenoxy) is 3. The molecular formula is C16H16N2O4. The highest BCUT2D eigenvalue weighted by molar-refractivity contribution is 5.97. The van der Waals surface area contributed by atoms with E-state index in [9.17, 15) is 4.79 Å². The summed E-state index contributed by atoms with van der Waals surface area (Å²) in [5, 5.41) is 0. The molecule has 2 aromatic rings. The van der Waals surface area contributed by atoms with Gasteiger partial charge in [0.05, 0.1) is 27.0 Å². The molecule has 0 bridgehead atoms. The van der Waals surface area contributed by atoms with E-state index in [1.165, 1.54) is 27.4 Å². The van der Waals surface area contributed by atoms with Crippen LogP contribution < -0.4 is 9.47 Å². The Morgan fingerprint density at radius 1 is 1.09 bits per heavy atom. The number of pyridine rings is 2. The Balaban J connectivity index is 2.52. The molecule has 2 heterocycles. The molecule has 0 radical (unpaired) electrons. The zero-order valence-corrected chi connectivity index (χ0v) is 12.6. The van der Waals surface area contributed by atoms with Gasteiger partial charge in [-0.2, -0.15) is 0 Å². The number of methoxy groups -OCH3 is 3. The number of hydrogen-bond donors (Lipinski definition) is 0. The average Bonchev–Trinajstić information content (AvgIpc) is 2.59. The standard InChI is InChI=1S/C16H16N2O4/c1-20-13-10-14(21-2)18-12(15(13)16(19)22-3)5-4-11-6-8-17-9-7-11/h4-10H,1-3H3/b5-4+. The van der Waals surface area contributed by atoms with Crippen LogP contribution in [-0.4, -0.2) is 37.3 Å². The van der Waals surface area contributed by atoms with Gasteiger partial charge in [0, 0.05) is 18.5 Å². The third kappa shape index (κ3) is 3.41. The summed E-state index contributed by atoms with van der Waals surface area (Å²) >= 11 is 0. The van der Waals surface area contributed by atoms with Gasteiger partial charge in [-0.15, -0.1) is 0 Å². The van der Waals surface area contributed by atoms with E-state index in [2.05, 4.69) is 9.97 Å². The van der Waals surface area contributed by atoms with Crippen LogP contribution in [-0.2, 0) is 4.74 Å². The monoisotopic (exact) mass is 300 g/mol. The van der Waals surface area contributed by atoms with Crippen LogP contribution in [0.25, 0.3) is 12.2 Å². The SMILES string of the molecule is COC(=O)c1c(OC)cc(OC)nc1/C=C/c1ccncc1. The molecule has 22 heavy (non-hydrogen) atoms. The summed E-state index contributed by atoms with van der Waals surface area (Å²) in [5.74, 6) is 0.161. The Labute approximate surface area is 128 Å². The van der Waals surface area contributed by atoms with Gasteiger partial charge in [0.25, 0.3) is 0 Å². The summed E-state index contributed by atoms with van der Waals surface area (Å²) in [6.45, 7) is 0. The summed E-state index contributed by atoms with van der Waals surface area (Å²) in [5.41, 5.74) is 1.57. The minimum Gasteiger partial charge on any atom is -0.496 e. The normalized spacial score (nSPS) is 10.5. The fourth-order valence-corrected chi connectivity index (χ4v) is 1.86. The van der Waals surface area contributed by atoms with Gasteiger partial charge in [0.1, 0.15) is 11.3 Å². The lowest BCUT2D eigenvalue weighted by Crippen LogP contribution is -2.09. The fourth-order valence-electron chi connectivity index (χ4n) is 1.86. The van der Waals surface area contributed by atoms with Crippen LogP contribution >= 0.6 is 0 Å². The Bertz CT molecular complexity index is 684. The Hall–Kier alpha value is -2.89. The molecule has 114 valence electrons. The molecular weight excluding hydrogens is 284 g/mol. The molecule has 0 amide bonds. The van der Waals surface area contributed by atoms with Crippen LogP contribution in [0, 0.1) is 0 Å². The quantitative estimate of drug-likeness (QED) is 0.790. The summed E-state index contributed by atoms with van der Waals surface area (Å²) < 4.78 is 15.2. The number of carbonyl (C=O) groups is 1. The van der Waals surface area contributed by atoms with Gasteiger partial charge in [0.2, 0.25) is 5.88 Å². The largest absolute Gasteiger partial charge is 0.496 e. The maximum absolute atomic E-state index is 12.0. The van der Waals surface area contributed by atoms with E-state index in [1.807, 2.05) is 18.2 Å². The average molecular weight is 300 g/mol. The number of rotatable bonds is 5. The van der Waals surface area contributed by atoms with Crippen molar-refractivity contribution in [3.8, 4) is 11.6 Å². The first-order valence-electron chi connectivity index (χ1n) is 6.49. The number of carbonyl (C=O) groups excluding carboxylic acids is 1. The second kappa shape index (κ2) is 7.21. The van der Waals surface area contributed by atoms with E-state index >= 15 is 0 Å². The van der Waals surface area contributed by atoms with Gasteiger partial charge in [-0.25, -0.2) is 9.78 Å². The highest BCUT2D eigenvalue weighted by Gasteiger charge is 2.20. The number of hydrogen-bond acceptors (Lipinski definition) is 6. The van der Waals surface area contributed by atoms with Crippen molar-refractivity contribution in [1.82, 2.24) is 9.97 Å². The van der Waals surface area contributed by atoms with Crippen molar-refractivity contribution in [2.75, 3.05) is 21.3 Å². The Morgan fingerprint density at radius 2 is 1.82 bits per heavy atom. The number of aromatic nitrogens is 2.